The molecule has 5 rings (SSSR count). The topological polar surface area (TPSA) is 137 Å². The summed E-state index contributed by atoms with van der Waals surface area (Å²) in [6.45, 7) is 4.77. The molecule has 252 valence electrons. The number of likely N-dealkylation sites (tertiary alicyclic amines) is 1. The van der Waals surface area contributed by atoms with Gasteiger partial charge in [0.25, 0.3) is 0 Å². The number of ether oxygens (including phenoxy) is 1. The number of pyridine rings is 1. The highest BCUT2D eigenvalue weighted by Gasteiger charge is 2.31. The second kappa shape index (κ2) is 18.0. The van der Waals surface area contributed by atoms with Gasteiger partial charge in [-0.2, -0.15) is 0 Å². The highest BCUT2D eigenvalue weighted by molar-refractivity contribution is 5.83. The number of rotatable bonds is 14. The number of aliphatic carboxylic acids is 2. The number of piperidine rings is 2. The van der Waals surface area contributed by atoms with Gasteiger partial charge in [-0.15, -0.1) is 0 Å². The SMILES string of the molecule is COc1ccc2nccc(C(O)CC[C@@H]3CCN(CCCCc4cccn4C)C[C@@H]3CC(=O)O)c2c1.O=C(O)CC1CCCNC1. The Morgan fingerprint density at radius 3 is 2.61 bits per heavy atom. The van der Waals surface area contributed by atoms with Crippen LogP contribution in [0, 0.1) is 17.8 Å². The fourth-order valence-electron chi connectivity index (χ4n) is 7.03. The van der Waals surface area contributed by atoms with E-state index in [4.69, 9.17) is 9.84 Å². The average Bonchev–Trinajstić information content (AvgIpc) is 3.46. The van der Waals surface area contributed by atoms with E-state index in [1.165, 1.54) is 5.69 Å². The van der Waals surface area contributed by atoms with Crippen LogP contribution < -0.4 is 10.1 Å². The molecular formula is C36H52N4O6. The molecule has 2 aromatic heterocycles. The summed E-state index contributed by atoms with van der Waals surface area (Å²) in [5, 5.41) is 33.1. The lowest BCUT2D eigenvalue weighted by Gasteiger charge is -2.38. The van der Waals surface area contributed by atoms with Gasteiger partial charge in [0.1, 0.15) is 5.75 Å². The van der Waals surface area contributed by atoms with Crippen LogP contribution in [0.5, 0.6) is 5.75 Å². The fraction of sp³-hybridized carbons (Fsp3) is 0.583. The Hall–Kier alpha value is -3.47. The van der Waals surface area contributed by atoms with Gasteiger partial charge in [0.05, 0.1) is 18.7 Å². The van der Waals surface area contributed by atoms with E-state index in [2.05, 4.69) is 45.1 Å². The van der Waals surface area contributed by atoms with E-state index < -0.39 is 18.0 Å². The lowest BCUT2D eigenvalue weighted by molar-refractivity contribution is -0.139. The Morgan fingerprint density at radius 1 is 1.09 bits per heavy atom. The molecule has 2 unspecified atom stereocenters. The number of fused-ring (bicyclic) bond motifs is 1. The van der Waals surface area contributed by atoms with E-state index in [0.717, 1.165) is 99.9 Å². The normalized spacial score (nSPS) is 20.9. The predicted molar refractivity (Wildman–Crippen MR) is 179 cm³/mol. The molecule has 10 nitrogen and oxygen atoms in total. The fourth-order valence-corrected chi connectivity index (χ4v) is 7.03. The molecule has 4 atom stereocenters. The Morgan fingerprint density at radius 2 is 1.91 bits per heavy atom. The summed E-state index contributed by atoms with van der Waals surface area (Å²) in [5.41, 5.74) is 3.04. The van der Waals surface area contributed by atoms with Crippen LogP contribution in [0.15, 0.2) is 48.8 Å². The largest absolute Gasteiger partial charge is 0.497 e. The van der Waals surface area contributed by atoms with Crippen molar-refractivity contribution in [3.05, 3.63) is 60.0 Å². The minimum absolute atomic E-state index is 0.116. The smallest absolute Gasteiger partial charge is 0.303 e. The maximum atomic E-state index is 11.6. The number of carbonyl (C=O) groups is 2. The molecule has 0 bridgehead atoms. The summed E-state index contributed by atoms with van der Waals surface area (Å²) in [6.07, 6.45) is 11.6. The van der Waals surface area contributed by atoms with Gasteiger partial charge in [-0.1, -0.05) is 0 Å². The molecule has 2 aliphatic rings. The number of carboxylic acid groups (broad SMARTS) is 2. The van der Waals surface area contributed by atoms with E-state index in [1.807, 2.05) is 24.3 Å². The number of benzene rings is 1. The molecule has 0 spiro atoms. The number of unbranched alkanes of at least 4 members (excludes halogenated alkanes) is 1. The molecule has 4 heterocycles. The van der Waals surface area contributed by atoms with Crippen molar-refractivity contribution in [2.45, 2.75) is 70.3 Å². The molecule has 0 aliphatic carbocycles. The van der Waals surface area contributed by atoms with Crippen LogP contribution in [0.1, 0.15) is 75.1 Å². The minimum atomic E-state index is -0.733. The van der Waals surface area contributed by atoms with Crippen LogP contribution in [-0.2, 0) is 23.1 Å². The Kier molecular flexibility index (Phi) is 13.9. The molecular weight excluding hydrogens is 584 g/mol. The number of methoxy groups -OCH3 is 1. The molecule has 2 fully saturated rings. The average molecular weight is 637 g/mol. The summed E-state index contributed by atoms with van der Waals surface area (Å²) in [7, 11) is 3.72. The standard InChI is InChI=1S/C29H39N3O4.C7H13NO2/c1-31-15-5-7-23(31)6-3-4-16-32-17-13-21(22(20-32)18-29(34)35)8-11-28(33)25-12-14-30-27-10-9-24(36-2)19-26(25)27;9-7(10)4-6-2-1-3-8-5-6/h5,7,9-10,12,14-15,19,21-22,28,33H,3-4,6,8,11,13,16-18,20H2,1-2H3,(H,34,35);6,8H,1-5H2,(H,9,10)/t21-,22+,28?;/m1./s1. The van der Waals surface area contributed by atoms with Gasteiger partial charge in [0, 0.05) is 49.9 Å². The number of carboxylic acids is 2. The molecule has 0 amide bonds. The highest BCUT2D eigenvalue weighted by Crippen LogP contribution is 2.35. The van der Waals surface area contributed by atoms with Crippen LogP contribution in [0.3, 0.4) is 0 Å². The molecule has 46 heavy (non-hydrogen) atoms. The van der Waals surface area contributed by atoms with Crippen molar-refractivity contribution in [1.29, 1.82) is 0 Å². The lowest BCUT2D eigenvalue weighted by Crippen LogP contribution is -2.41. The van der Waals surface area contributed by atoms with Crippen molar-refractivity contribution < 1.29 is 29.6 Å². The summed E-state index contributed by atoms with van der Waals surface area (Å²) in [6, 6.07) is 11.8. The molecule has 1 aromatic carbocycles. The Bertz CT molecular complexity index is 1390. The van der Waals surface area contributed by atoms with Crippen molar-refractivity contribution in [1.82, 2.24) is 19.8 Å². The number of nitrogens with zero attached hydrogens (tertiary/aromatic N) is 3. The number of aliphatic hydroxyl groups excluding tert-OH is 1. The zero-order valence-corrected chi connectivity index (χ0v) is 27.4. The molecule has 0 radical (unpaired) electrons. The Balaban J connectivity index is 0.000000409. The van der Waals surface area contributed by atoms with Crippen molar-refractivity contribution in [3.63, 3.8) is 0 Å². The van der Waals surface area contributed by atoms with Gasteiger partial charge < -0.3 is 34.8 Å². The van der Waals surface area contributed by atoms with E-state index in [-0.39, 0.29) is 12.3 Å². The number of hydrogen-bond donors (Lipinski definition) is 4. The van der Waals surface area contributed by atoms with Crippen LogP contribution in [0.2, 0.25) is 0 Å². The van der Waals surface area contributed by atoms with Crippen molar-refractivity contribution in [2.75, 3.05) is 39.8 Å². The number of aliphatic hydroxyl groups is 1. The molecule has 3 aromatic rings. The first-order valence-corrected chi connectivity index (χ1v) is 16.8. The zero-order valence-electron chi connectivity index (χ0n) is 27.4. The first-order chi connectivity index (χ1) is 22.2. The van der Waals surface area contributed by atoms with Gasteiger partial charge in [-0.25, -0.2) is 0 Å². The van der Waals surface area contributed by atoms with Gasteiger partial charge in [-0.3, -0.25) is 14.6 Å². The van der Waals surface area contributed by atoms with Crippen LogP contribution in [0.4, 0.5) is 0 Å². The summed E-state index contributed by atoms with van der Waals surface area (Å²) in [5.74, 6) is 0.119. The second-order valence-electron chi connectivity index (χ2n) is 13.0. The monoisotopic (exact) mass is 636 g/mol. The number of nitrogens with one attached hydrogen (secondary N) is 1. The maximum Gasteiger partial charge on any atom is 0.303 e. The van der Waals surface area contributed by atoms with E-state index in [9.17, 15) is 19.8 Å². The maximum absolute atomic E-state index is 11.6. The van der Waals surface area contributed by atoms with Gasteiger partial charge in [-0.05, 0) is 137 Å². The second-order valence-corrected chi connectivity index (χ2v) is 13.0. The third-order valence-corrected chi connectivity index (χ3v) is 9.64. The number of aromatic nitrogens is 2. The van der Waals surface area contributed by atoms with Crippen LogP contribution in [-0.4, -0.2) is 81.5 Å². The lowest BCUT2D eigenvalue weighted by atomic mass is 9.79. The minimum Gasteiger partial charge on any atom is -0.497 e. The summed E-state index contributed by atoms with van der Waals surface area (Å²) >= 11 is 0. The number of aryl methyl sites for hydroxylation is 2. The van der Waals surface area contributed by atoms with E-state index in [1.54, 1.807) is 13.3 Å². The third-order valence-electron chi connectivity index (χ3n) is 9.64. The first-order valence-electron chi connectivity index (χ1n) is 16.8. The predicted octanol–water partition coefficient (Wildman–Crippen LogP) is 5.29. The van der Waals surface area contributed by atoms with Crippen molar-refractivity contribution in [3.8, 4) is 5.75 Å². The summed E-state index contributed by atoms with van der Waals surface area (Å²) in [4.78, 5) is 28.7. The van der Waals surface area contributed by atoms with E-state index >= 15 is 0 Å². The summed E-state index contributed by atoms with van der Waals surface area (Å²) < 4.78 is 7.54. The highest BCUT2D eigenvalue weighted by atomic mass is 16.5. The van der Waals surface area contributed by atoms with Gasteiger partial charge in [0.2, 0.25) is 0 Å². The molecule has 4 N–H and O–H groups in total. The van der Waals surface area contributed by atoms with Gasteiger partial charge in [0.15, 0.2) is 0 Å². The molecule has 2 saturated heterocycles. The molecule has 0 saturated carbocycles. The van der Waals surface area contributed by atoms with E-state index in [0.29, 0.717) is 24.7 Å². The van der Waals surface area contributed by atoms with Crippen LogP contribution >= 0.6 is 0 Å². The van der Waals surface area contributed by atoms with Gasteiger partial charge >= 0.3 is 11.9 Å². The van der Waals surface area contributed by atoms with Crippen LogP contribution in [0.25, 0.3) is 10.9 Å². The number of hydrogen-bond acceptors (Lipinski definition) is 7. The van der Waals surface area contributed by atoms with Crippen molar-refractivity contribution in [2.24, 2.45) is 24.8 Å². The zero-order chi connectivity index (χ0) is 32.9. The van der Waals surface area contributed by atoms with Crippen molar-refractivity contribution >= 4 is 22.8 Å². The quantitative estimate of drug-likeness (QED) is 0.174. The Labute approximate surface area is 272 Å². The third kappa shape index (κ3) is 10.8. The molecule has 10 heteroatoms. The molecule has 2 aliphatic heterocycles. The first kappa shape index (κ1) is 35.4.